The van der Waals surface area contributed by atoms with Crippen LogP contribution in [0.15, 0.2) is 4.99 Å². The van der Waals surface area contributed by atoms with E-state index >= 15 is 0 Å². The number of hydrogen-bond donors (Lipinski definition) is 0. The van der Waals surface area contributed by atoms with Crippen LogP contribution in [0.25, 0.3) is 0 Å². The third-order valence-electron chi connectivity index (χ3n) is 0.747. The summed E-state index contributed by atoms with van der Waals surface area (Å²) in [6.07, 6.45) is 2.06. The summed E-state index contributed by atoms with van der Waals surface area (Å²) in [5.74, 6) is -0.432. The van der Waals surface area contributed by atoms with Crippen molar-refractivity contribution in [3.05, 3.63) is 0 Å². The van der Waals surface area contributed by atoms with Crippen molar-refractivity contribution in [1.29, 1.82) is 0 Å². The van der Waals surface area contributed by atoms with E-state index < -0.39 is 5.91 Å². The Labute approximate surface area is 75.2 Å². The SMILES string of the molecule is O=C=NC(=O)CCC(Br)Br. The fraction of sp³-hybridized carbons (Fsp3) is 0.600. The van der Waals surface area contributed by atoms with E-state index in [0.29, 0.717) is 6.42 Å². The van der Waals surface area contributed by atoms with Crippen LogP contribution in [-0.2, 0) is 9.59 Å². The van der Waals surface area contributed by atoms with E-state index in [-0.39, 0.29) is 10.2 Å². The van der Waals surface area contributed by atoms with Crippen molar-refractivity contribution in [3.8, 4) is 0 Å². The van der Waals surface area contributed by atoms with Gasteiger partial charge in [-0.2, -0.15) is 0 Å². The summed E-state index contributed by atoms with van der Waals surface area (Å²) in [7, 11) is 0. The van der Waals surface area contributed by atoms with Gasteiger partial charge in [-0.15, -0.1) is 4.99 Å². The van der Waals surface area contributed by atoms with E-state index in [0.717, 1.165) is 0 Å². The molecule has 0 aromatic carbocycles. The number of aliphatic imine (C=N–C) groups is 1. The molecule has 0 unspecified atom stereocenters. The van der Waals surface area contributed by atoms with Gasteiger partial charge in [-0.05, 0) is 6.42 Å². The molecule has 0 N–H and O–H groups in total. The minimum absolute atomic E-state index is 0.103. The topological polar surface area (TPSA) is 46.5 Å². The van der Waals surface area contributed by atoms with Gasteiger partial charge < -0.3 is 0 Å². The molecular formula is C5H5Br2NO2. The van der Waals surface area contributed by atoms with Crippen molar-refractivity contribution in [2.24, 2.45) is 4.99 Å². The van der Waals surface area contributed by atoms with Gasteiger partial charge in [0, 0.05) is 6.42 Å². The zero-order valence-electron chi connectivity index (χ0n) is 5.01. The molecule has 0 aromatic heterocycles. The van der Waals surface area contributed by atoms with Crippen LogP contribution < -0.4 is 0 Å². The van der Waals surface area contributed by atoms with Gasteiger partial charge in [0.25, 0.3) is 5.91 Å². The molecule has 56 valence electrons. The summed E-state index contributed by atoms with van der Waals surface area (Å²) in [6, 6.07) is 0. The molecule has 0 saturated carbocycles. The summed E-state index contributed by atoms with van der Waals surface area (Å²) >= 11 is 6.36. The van der Waals surface area contributed by atoms with Gasteiger partial charge >= 0.3 is 0 Å². The smallest absolute Gasteiger partial charge is 0.256 e. The molecule has 0 radical (unpaired) electrons. The van der Waals surface area contributed by atoms with Crippen LogP contribution >= 0.6 is 31.9 Å². The number of amides is 1. The molecule has 1 amide bonds. The molecule has 0 saturated heterocycles. The molecule has 10 heavy (non-hydrogen) atoms. The maximum absolute atomic E-state index is 10.5. The number of nitrogens with zero attached hydrogens (tertiary/aromatic N) is 1. The Kier molecular flexibility index (Phi) is 5.78. The average Bonchev–Trinajstić information content (AvgIpc) is 1.85. The zero-order chi connectivity index (χ0) is 7.98. The maximum atomic E-state index is 10.5. The van der Waals surface area contributed by atoms with Crippen LogP contribution in [0.1, 0.15) is 12.8 Å². The quantitative estimate of drug-likeness (QED) is 0.446. The fourth-order valence-corrected chi connectivity index (χ4v) is 0.797. The monoisotopic (exact) mass is 269 g/mol. The number of rotatable bonds is 3. The third-order valence-corrected chi connectivity index (χ3v) is 1.66. The second kappa shape index (κ2) is 5.77. The normalized spacial score (nSPS) is 9.10. The molecule has 0 aromatic rings. The van der Waals surface area contributed by atoms with Gasteiger partial charge in [0.2, 0.25) is 6.08 Å². The number of hydrogen-bond acceptors (Lipinski definition) is 2. The number of carbonyl (C=O) groups is 1. The van der Waals surface area contributed by atoms with Crippen molar-refractivity contribution in [2.75, 3.05) is 0 Å². The Balaban J connectivity index is 3.50. The minimum Gasteiger partial charge on any atom is -0.272 e. The lowest BCUT2D eigenvalue weighted by Gasteiger charge is -1.94. The van der Waals surface area contributed by atoms with Crippen LogP contribution in [0.4, 0.5) is 0 Å². The minimum atomic E-state index is -0.432. The highest BCUT2D eigenvalue weighted by molar-refractivity contribution is 9.24. The van der Waals surface area contributed by atoms with E-state index in [1.807, 2.05) is 0 Å². The molecule has 0 heterocycles. The second-order valence-electron chi connectivity index (χ2n) is 1.53. The Hall–Kier alpha value is 0.01000. The van der Waals surface area contributed by atoms with Crippen LogP contribution in [0.2, 0.25) is 0 Å². The van der Waals surface area contributed by atoms with Crippen LogP contribution in [0.3, 0.4) is 0 Å². The standard InChI is InChI=1S/C5H5Br2NO2/c6-4(7)1-2-5(10)8-3-9/h4H,1-2H2. The molecule has 0 spiro atoms. The molecule has 3 nitrogen and oxygen atoms in total. The molecule has 0 atom stereocenters. The lowest BCUT2D eigenvalue weighted by molar-refractivity contribution is -0.117. The highest BCUT2D eigenvalue weighted by Crippen LogP contribution is 2.14. The van der Waals surface area contributed by atoms with Gasteiger partial charge in [-0.25, -0.2) is 4.79 Å². The largest absolute Gasteiger partial charge is 0.272 e. The number of halogens is 2. The van der Waals surface area contributed by atoms with Gasteiger partial charge in [-0.1, -0.05) is 31.9 Å². The van der Waals surface area contributed by atoms with E-state index in [9.17, 15) is 9.59 Å². The molecule has 0 aliphatic rings. The van der Waals surface area contributed by atoms with Gasteiger partial charge in [0.15, 0.2) is 0 Å². The third kappa shape index (κ3) is 6.13. The molecule has 5 heteroatoms. The summed E-state index contributed by atoms with van der Waals surface area (Å²) in [4.78, 5) is 22.9. The Morgan fingerprint density at radius 3 is 2.60 bits per heavy atom. The lowest BCUT2D eigenvalue weighted by Crippen LogP contribution is -1.95. The van der Waals surface area contributed by atoms with Crippen molar-refractivity contribution in [2.45, 2.75) is 16.6 Å². The number of carbonyl (C=O) groups excluding carboxylic acids is 2. The van der Waals surface area contributed by atoms with Gasteiger partial charge in [0.05, 0.1) is 3.74 Å². The van der Waals surface area contributed by atoms with E-state index in [2.05, 4.69) is 36.9 Å². The number of alkyl halides is 2. The highest BCUT2D eigenvalue weighted by Gasteiger charge is 2.02. The molecule has 0 bridgehead atoms. The van der Waals surface area contributed by atoms with E-state index in [1.54, 1.807) is 0 Å². The fourth-order valence-electron chi connectivity index (χ4n) is 0.339. The lowest BCUT2D eigenvalue weighted by atomic mass is 10.3. The van der Waals surface area contributed by atoms with Crippen molar-refractivity contribution in [1.82, 2.24) is 0 Å². The Bertz CT molecular complexity index is 163. The first kappa shape index (κ1) is 10.0. The molecule has 0 aliphatic carbocycles. The van der Waals surface area contributed by atoms with Crippen LogP contribution in [0.5, 0.6) is 0 Å². The first-order chi connectivity index (χ1) is 4.66. The van der Waals surface area contributed by atoms with Crippen molar-refractivity contribution in [3.63, 3.8) is 0 Å². The Morgan fingerprint density at radius 2 is 2.20 bits per heavy atom. The predicted octanol–water partition coefficient (Wildman–Crippen LogP) is 1.74. The Morgan fingerprint density at radius 1 is 1.60 bits per heavy atom. The van der Waals surface area contributed by atoms with Crippen molar-refractivity contribution < 1.29 is 9.59 Å². The summed E-state index contributed by atoms with van der Waals surface area (Å²) < 4.78 is 0.103. The molecular weight excluding hydrogens is 266 g/mol. The first-order valence-electron chi connectivity index (χ1n) is 2.55. The highest BCUT2D eigenvalue weighted by atomic mass is 79.9. The van der Waals surface area contributed by atoms with Crippen molar-refractivity contribution >= 4 is 43.8 Å². The van der Waals surface area contributed by atoms with Crippen LogP contribution in [0, 0.1) is 0 Å². The summed E-state index contributed by atoms with van der Waals surface area (Å²) in [5.41, 5.74) is 0. The summed E-state index contributed by atoms with van der Waals surface area (Å²) in [6.45, 7) is 0. The van der Waals surface area contributed by atoms with Gasteiger partial charge in [0.1, 0.15) is 0 Å². The van der Waals surface area contributed by atoms with Crippen LogP contribution in [-0.4, -0.2) is 15.7 Å². The molecule has 0 fully saturated rings. The number of isocyanates is 1. The van der Waals surface area contributed by atoms with E-state index in [4.69, 9.17) is 0 Å². The van der Waals surface area contributed by atoms with E-state index in [1.165, 1.54) is 6.08 Å². The second-order valence-corrected chi connectivity index (χ2v) is 4.97. The summed E-state index contributed by atoms with van der Waals surface area (Å²) in [5, 5.41) is 0. The molecule has 0 rings (SSSR count). The maximum Gasteiger partial charge on any atom is 0.256 e. The van der Waals surface area contributed by atoms with Gasteiger partial charge in [-0.3, -0.25) is 4.79 Å². The zero-order valence-corrected chi connectivity index (χ0v) is 8.18. The average molecular weight is 271 g/mol. The first-order valence-corrected chi connectivity index (χ1v) is 4.39. The predicted molar refractivity (Wildman–Crippen MR) is 44.0 cm³/mol. The molecule has 0 aliphatic heterocycles.